The first kappa shape index (κ1) is 12.6. The Kier molecular flexibility index (Phi) is 4.61. The molecule has 2 N–H and O–H groups in total. The summed E-state index contributed by atoms with van der Waals surface area (Å²) in [7, 11) is 0. The van der Waals surface area contributed by atoms with E-state index in [1.807, 2.05) is 24.3 Å². The zero-order valence-electron chi connectivity index (χ0n) is 9.41. The van der Waals surface area contributed by atoms with Crippen molar-refractivity contribution in [2.24, 2.45) is 0 Å². The van der Waals surface area contributed by atoms with Crippen LogP contribution in [0.15, 0.2) is 24.3 Å². The van der Waals surface area contributed by atoms with Crippen LogP contribution in [0.2, 0.25) is 0 Å². The largest absolute Gasteiger partial charge is 0.379 e. The van der Waals surface area contributed by atoms with Crippen molar-refractivity contribution >= 4 is 34.3 Å². The smallest absolute Gasteiger partial charge is 0.319 e. The van der Waals surface area contributed by atoms with E-state index in [0.717, 1.165) is 28.7 Å². The highest BCUT2D eigenvalue weighted by Crippen LogP contribution is 2.12. The molecule has 1 saturated heterocycles. The normalized spacial score (nSPS) is 19.7. The lowest BCUT2D eigenvalue weighted by Gasteiger charge is -2.23. The van der Waals surface area contributed by atoms with Gasteiger partial charge in [-0.3, -0.25) is 0 Å². The molecule has 0 aliphatic carbocycles. The van der Waals surface area contributed by atoms with Crippen LogP contribution in [0.4, 0.5) is 10.5 Å². The van der Waals surface area contributed by atoms with Crippen LogP contribution in [0.3, 0.4) is 0 Å². The fourth-order valence-electron chi connectivity index (χ4n) is 1.77. The number of nitrogens with one attached hydrogen (secondary N) is 2. The number of rotatable bonds is 2. The highest BCUT2D eigenvalue weighted by molar-refractivity contribution is 14.1. The van der Waals surface area contributed by atoms with Crippen LogP contribution in [0.25, 0.3) is 0 Å². The number of halogens is 1. The maximum atomic E-state index is 11.7. The fraction of sp³-hybridized carbons (Fsp3) is 0.417. The Labute approximate surface area is 114 Å². The first-order chi connectivity index (χ1) is 8.24. The highest BCUT2D eigenvalue weighted by atomic mass is 127. The molecule has 2 amide bonds. The molecule has 0 radical (unpaired) electrons. The maximum absolute atomic E-state index is 11.7. The first-order valence-electron chi connectivity index (χ1n) is 5.65. The second-order valence-corrected chi connectivity index (χ2v) is 5.27. The Bertz CT molecular complexity index is 392. The molecule has 1 aliphatic rings. The van der Waals surface area contributed by atoms with E-state index in [1.165, 1.54) is 0 Å². The number of ether oxygens (including phenoxy) is 1. The van der Waals surface area contributed by atoms with Gasteiger partial charge in [0.05, 0.1) is 12.6 Å². The lowest BCUT2D eigenvalue weighted by Crippen LogP contribution is -2.42. The molecular formula is C12H15IN2O2. The minimum atomic E-state index is -0.164. The molecule has 92 valence electrons. The van der Waals surface area contributed by atoms with Gasteiger partial charge in [0, 0.05) is 15.9 Å². The Morgan fingerprint density at radius 1 is 1.47 bits per heavy atom. The Balaban J connectivity index is 1.84. The molecular weight excluding hydrogens is 331 g/mol. The third-order valence-corrected chi connectivity index (χ3v) is 3.25. The molecule has 5 heteroatoms. The SMILES string of the molecule is O=C(Nc1cccc(I)c1)N[C@H]1CCCOC1. The Hall–Kier alpha value is -0.820. The molecule has 0 aromatic heterocycles. The Morgan fingerprint density at radius 2 is 2.35 bits per heavy atom. The van der Waals surface area contributed by atoms with E-state index >= 15 is 0 Å². The van der Waals surface area contributed by atoms with Gasteiger partial charge in [0.15, 0.2) is 0 Å². The summed E-state index contributed by atoms with van der Waals surface area (Å²) in [5, 5.41) is 5.73. The van der Waals surface area contributed by atoms with Gasteiger partial charge < -0.3 is 15.4 Å². The highest BCUT2D eigenvalue weighted by Gasteiger charge is 2.15. The predicted molar refractivity (Wildman–Crippen MR) is 75.2 cm³/mol. The summed E-state index contributed by atoms with van der Waals surface area (Å²) in [6.45, 7) is 1.41. The van der Waals surface area contributed by atoms with Gasteiger partial charge in [-0.15, -0.1) is 0 Å². The van der Waals surface area contributed by atoms with E-state index in [0.29, 0.717) is 6.61 Å². The van der Waals surface area contributed by atoms with Crippen molar-refractivity contribution in [1.29, 1.82) is 0 Å². The molecule has 1 aromatic carbocycles. The monoisotopic (exact) mass is 346 g/mol. The second kappa shape index (κ2) is 6.20. The zero-order chi connectivity index (χ0) is 12.1. The van der Waals surface area contributed by atoms with E-state index in [4.69, 9.17) is 4.74 Å². The first-order valence-corrected chi connectivity index (χ1v) is 6.73. The summed E-state index contributed by atoms with van der Waals surface area (Å²) in [4.78, 5) is 11.7. The molecule has 2 rings (SSSR count). The zero-order valence-corrected chi connectivity index (χ0v) is 11.6. The van der Waals surface area contributed by atoms with Crippen LogP contribution >= 0.6 is 22.6 Å². The fourth-order valence-corrected chi connectivity index (χ4v) is 2.32. The third-order valence-electron chi connectivity index (χ3n) is 2.58. The minimum absolute atomic E-state index is 0.131. The van der Waals surface area contributed by atoms with Gasteiger partial charge in [-0.25, -0.2) is 4.79 Å². The number of hydrogen-bond acceptors (Lipinski definition) is 2. The van der Waals surface area contributed by atoms with E-state index in [2.05, 4.69) is 33.2 Å². The summed E-state index contributed by atoms with van der Waals surface area (Å²) in [5.74, 6) is 0. The van der Waals surface area contributed by atoms with Gasteiger partial charge in [-0.2, -0.15) is 0 Å². The van der Waals surface area contributed by atoms with E-state index < -0.39 is 0 Å². The van der Waals surface area contributed by atoms with Crippen molar-refractivity contribution in [3.8, 4) is 0 Å². The topological polar surface area (TPSA) is 50.4 Å². The quantitative estimate of drug-likeness (QED) is 0.809. The van der Waals surface area contributed by atoms with Crippen molar-refractivity contribution in [2.45, 2.75) is 18.9 Å². The third kappa shape index (κ3) is 4.16. The molecule has 0 unspecified atom stereocenters. The molecule has 1 aliphatic heterocycles. The standard InChI is InChI=1S/C12H15IN2O2/c13-9-3-1-4-10(7-9)14-12(16)15-11-5-2-6-17-8-11/h1,3-4,7,11H,2,5-6,8H2,(H2,14,15,16)/t11-/m0/s1. The minimum Gasteiger partial charge on any atom is -0.379 e. The lowest BCUT2D eigenvalue weighted by atomic mass is 10.1. The Morgan fingerprint density at radius 3 is 3.06 bits per heavy atom. The van der Waals surface area contributed by atoms with Crippen molar-refractivity contribution in [3.05, 3.63) is 27.8 Å². The van der Waals surface area contributed by atoms with E-state index in [9.17, 15) is 4.79 Å². The van der Waals surface area contributed by atoms with Crippen LogP contribution < -0.4 is 10.6 Å². The molecule has 0 spiro atoms. The molecule has 0 saturated carbocycles. The van der Waals surface area contributed by atoms with Crippen molar-refractivity contribution in [2.75, 3.05) is 18.5 Å². The number of anilines is 1. The summed E-state index contributed by atoms with van der Waals surface area (Å²) in [6.07, 6.45) is 1.99. The molecule has 0 bridgehead atoms. The summed E-state index contributed by atoms with van der Waals surface area (Å²) >= 11 is 2.22. The van der Waals surface area contributed by atoms with Crippen molar-refractivity contribution < 1.29 is 9.53 Å². The van der Waals surface area contributed by atoms with Gasteiger partial charge >= 0.3 is 6.03 Å². The van der Waals surface area contributed by atoms with Gasteiger partial charge in [0.25, 0.3) is 0 Å². The van der Waals surface area contributed by atoms with Crippen LogP contribution in [0, 0.1) is 3.57 Å². The summed E-state index contributed by atoms with van der Waals surface area (Å²) in [5.41, 5.74) is 0.811. The number of carbonyl (C=O) groups excluding carboxylic acids is 1. The van der Waals surface area contributed by atoms with E-state index in [1.54, 1.807) is 0 Å². The average Bonchev–Trinajstić information content (AvgIpc) is 2.30. The van der Waals surface area contributed by atoms with Crippen molar-refractivity contribution in [3.63, 3.8) is 0 Å². The molecule has 1 atom stereocenters. The number of amides is 2. The second-order valence-electron chi connectivity index (χ2n) is 4.02. The van der Waals surface area contributed by atoms with Gasteiger partial charge in [0.1, 0.15) is 0 Å². The van der Waals surface area contributed by atoms with Crippen LogP contribution in [-0.2, 0) is 4.74 Å². The number of benzene rings is 1. The molecule has 1 heterocycles. The average molecular weight is 346 g/mol. The number of carbonyl (C=O) groups is 1. The van der Waals surface area contributed by atoms with Gasteiger partial charge in [-0.1, -0.05) is 6.07 Å². The van der Waals surface area contributed by atoms with Gasteiger partial charge in [-0.05, 0) is 53.6 Å². The maximum Gasteiger partial charge on any atom is 0.319 e. The predicted octanol–water partition coefficient (Wildman–Crippen LogP) is 2.59. The molecule has 1 aromatic rings. The van der Waals surface area contributed by atoms with Crippen LogP contribution in [0.1, 0.15) is 12.8 Å². The molecule has 4 nitrogen and oxygen atoms in total. The number of hydrogen-bond donors (Lipinski definition) is 2. The van der Waals surface area contributed by atoms with Crippen LogP contribution in [-0.4, -0.2) is 25.3 Å². The van der Waals surface area contributed by atoms with Gasteiger partial charge in [0.2, 0.25) is 0 Å². The van der Waals surface area contributed by atoms with Crippen LogP contribution in [0.5, 0.6) is 0 Å². The summed E-state index contributed by atoms with van der Waals surface area (Å²) < 4.78 is 6.41. The molecule has 1 fully saturated rings. The number of urea groups is 1. The van der Waals surface area contributed by atoms with Crippen molar-refractivity contribution in [1.82, 2.24) is 5.32 Å². The van der Waals surface area contributed by atoms with E-state index in [-0.39, 0.29) is 12.1 Å². The summed E-state index contributed by atoms with van der Waals surface area (Å²) in [6, 6.07) is 7.67. The molecule has 17 heavy (non-hydrogen) atoms. The lowest BCUT2D eigenvalue weighted by molar-refractivity contribution is 0.0739.